The zero-order chi connectivity index (χ0) is 23.8. The Bertz CT molecular complexity index is 1370. The molecule has 0 aliphatic carbocycles. The molecule has 7 nitrogen and oxygen atoms in total. The number of para-hydroxylation sites is 1. The average Bonchev–Trinajstić information content (AvgIpc) is 3.33. The molecule has 1 aliphatic heterocycles. The first-order chi connectivity index (χ1) is 16.5. The molecule has 5 rings (SSSR count). The van der Waals surface area contributed by atoms with Crippen molar-refractivity contribution in [1.82, 2.24) is 10.1 Å². The Morgan fingerprint density at radius 3 is 2.68 bits per heavy atom. The van der Waals surface area contributed by atoms with Crippen molar-refractivity contribution in [3.05, 3.63) is 71.4 Å². The third kappa shape index (κ3) is 3.82. The van der Waals surface area contributed by atoms with Gasteiger partial charge in [-0.2, -0.15) is 0 Å². The number of aromatic nitrogens is 3. The van der Waals surface area contributed by atoms with Crippen LogP contribution in [-0.2, 0) is 4.79 Å². The van der Waals surface area contributed by atoms with Crippen molar-refractivity contribution in [2.24, 2.45) is 0 Å². The number of benzene rings is 2. The molecule has 0 fully saturated rings. The van der Waals surface area contributed by atoms with Crippen LogP contribution in [0, 0.1) is 0 Å². The fourth-order valence-electron chi connectivity index (χ4n) is 4.14. The SMILES string of the molecule is CCCC(=O)N1c2ccccc2-c2c([O-])nc(SC)n[n+]2C1c1ccc(-c2ccc(Cl)cc2)o1. The van der Waals surface area contributed by atoms with Crippen molar-refractivity contribution in [1.29, 1.82) is 0 Å². The highest BCUT2D eigenvalue weighted by atomic mass is 35.5. The monoisotopic (exact) mass is 492 g/mol. The quantitative estimate of drug-likeness (QED) is 0.293. The highest BCUT2D eigenvalue weighted by Crippen LogP contribution is 2.42. The molecule has 9 heteroatoms. The number of hydrogen-bond donors (Lipinski definition) is 0. The molecule has 3 heterocycles. The highest BCUT2D eigenvalue weighted by molar-refractivity contribution is 7.98. The van der Waals surface area contributed by atoms with E-state index in [0.717, 1.165) is 5.56 Å². The summed E-state index contributed by atoms with van der Waals surface area (Å²) in [6, 6.07) is 18.3. The molecule has 2 aromatic carbocycles. The van der Waals surface area contributed by atoms with Crippen LogP contribution in [0.3, 0.4) is 0 Å². The Hall–Kier alpha value is -3.36. The van der Waals surface area contributed by atoms with Crippen LogP contribution in [0.5, 0.6) is 5.88 Å². The number of furan rings is 1. The lowest BCUT2D eigenvalue weighted by Crippen LogP contribution is -2.59. The van der Waals surface area contributed by atoms with Gasteiger partial charge in [0.15, 0.2) is 5.76 Å². The number of rotatable bonds is 5. The van der Waals surface area contributed by atoms with Gasteiger partial charge in [-0.3, -0.25) is 4.79 Å². The van der Waals surface area contributed by atoms with E-state index in [1.54, 1.807) is 28.0 Å². The largest absolute Gasteiger partial charge is 0.854 e. The summed E-state index contributed by atoms with van der Waals surface area (Å²) < 4.78 is 7.84. The van der Waals surface area contributed by atoms with E-state index in [1.807, 2.05) is 55.5 Å². The molecule has 1 atom stereocenters. The molecule has 4 aromatic rings. The van der Waals surface area contributed by atoms with Crippen molar-refractivity contribution in [3.63, 3.8) is 0 Å². The van der Waals surface area contributed by atoms with Crippen molar-refractivity contribution in [2.45, 2.75) is 31.1 Å². The van der Waals surface area contributed by atoms with Crippen molar-refractivity contribution < 1.29 is 19.0 Å². The summed E-state index contributed by atoms with van der Waals surface area (Å²) in [4.78, 5) is 19.2. The maximum Gasteiger partial charge on any atom is 0.325 e. The van der Waals surface area contributed by atoms with Crippen LogP contribution in [0.15, 0.2) is 70.2 Å². The van der Waals surface area contributed by atoms with Crippen molar-refractivity contribution >= 4 is 35.0 Å². The summed E-state index contributed by atoms with van der Waals surface area (Å²) >= 11 is 7.30. The zero-order valence-corrected chi connectivity index (χ0v) is 20.1. The fraction of sp³-hybridized carbons (Fsp3) is 0.200. The van der Waals surface area contributed by atoms with Gasteiger partial charge in [-0.1, -0.05) is 42.4 Å². The lowest BCUT2D eigenvalue weighted by atomic mass is 10.0. The molecule has 0 saturated carbocycles. The van der Waals surface area contributed by atoms with Gasteiger partial charge in [0.25, 0.3) is 10.9 Å². The summed E-state index contributed by atoms with van der Waals surface area (Å²) in [7, 11) is 0. The van der Waals surface area contributed by atoms with E-state index in [4.69, 9.17) is 16.0 Å². The summed E-state index contributed by atoms with van der Waals surface area (Å²) in [6.07, 6.45) is 2.06. The summed E-state index contributed by atoms with van der Waals surface area (Å²) in [5.74, 6) is 0.626. The van der Waals surface area contributed by atoms with E-state index < -0.39 is 12.0 Å². The Labute approximate surface area is 206 Å². The summed E-state index contributed by atoms with van der Waals surface area (Å²) in [5.41, 5.74) is 2.42. The number of halogens is 1. The molecule has 2 aromatic heterocycles. The third-order valence-corrected chi connectivity index (χ3v) is 6.43. The van der Waals surface area contributed by atoms with Crippen molar-refractivity contribution in [3.8, 4) is 28.5 Å². The number of fused-ring (bicyclic) bond motifs is 3. The second-order valence-electron chi connectivity index (χ2n) is 7.81. The summed E-state index contributed by atoms with van der Waals surface area (Å²) in [5, 5.41) is 18.7. The minimum absolute atomic E-state index is 0.0840. The number of carbonyl (C=O) groups excluding carboxylic acids is 1. The topological polar surface area (TPSA) is 86.2 Å². The average molecular weight is 493 g/mol. The van der Waals surface area contributed by atoms with E-state index in [9.17, 15) is 9.90 Å². The summed E-state index contributed by atoms with van der Waals surface area (Å²) in [6.45, 7) is 1.96. The predicted octanol–water partition coefficient (Wildman–Crippen LogP) is 4.83. The first-order valence-electron chi connectivity index (χ1n) is 10.8. The van der Waals surface area contributed by atoms with Crippen LogP contribution in [0.1, 0.15) is 31.7 Å². The Morgan fingerprint density at radius 1 is 1.18 bits per heavy atom. The molecule has 0 bridgehead atoms. The van der Waals surface area contributed by atoms with Gasteiger partial charge < -0.3 is 9.52 Å². The smallest absolute Gasteiger partial charge is 0.325 e. The van der Waals surface area contributed by atoms with Gasteiger partial charge in [0.2, 0.25) is 5.91 Å². The highest BCUT2D eigenvalue weighted by Gasteiger charge is 2.46. The van der Waals surface area contributed by atoms with Crippen LogP contribution >= 0.6 is 23.4 Å². The fourth-order valence-corrected chi connectivity index (χ4v) is 4.61. The van der Waals surface area contributed by atoms with Crippen LogP contribution < -0.4 is 14.7 Å². The van der Waals surface area contributed by atoms with Gasteiger partial charge in [0.1, 0.15) is 5.76 Å². The minimum Gasteiger partial charge on any atom is -0.854 e. The van der Waals surface area contributed by atoms with Crippen LogP contribution in [0.4, 0.5) is 5.69 Å². The van der Waals surface area contributed by atoms with E-state index in [-0.39, 0.29) is 5.91 Å². The molecule has 172 valence electrons. The number of carbonyl (C=O) groups is 1. The number of anilines is 1. The molecule has 1 unspecified atom stereocenters. The molecule has 0 radical (unpaired) electrons. The zero-order valence-electron chi connectivity index (χ0n) is 18.6. The number of hydrogen-bond acceptors (Lipinski definition) is 6. The molecule has 0 N–H and O–H groups in total. The molecule has 0 saturated heterocycles. The molecule has 1 aliphatic rings. The normalized spacial score (nSPS) is 14.6. The van der Waals surface area contributed by atoms with Gasteiger partial charge in [0, 0.05) is 22.1 Å². The number of amides is 1. The predicted molar refractivity (Wildman–Crippen MR) is 129 cm³/mol. The van der Waals surface area contributed by atoms with Gasteiger partial charge in [-0.05, 0) is 65.9 Å². The Morgan fingerprint density at radius 2 is 1.94 bits per heavy atom. The number of thioether (sulfide) groups is 1. The van der Waals surface area contributed by atoms with Gasteiger partial charge >= 0.3 is 6.17 Å². The molecular weight excluding hydrogens is 472 g/mol. The maximum absolute atomic E-state index is 13.4. The van der Waals surface area contributed by atoms with Gasteiger partial charge in [-0.15, -0.1) is 0 Å². The molecular formula is C25H21ClN4O3S. The van der Waals surface area contributed by atoms with Gasteiger partial charge in [0.05, 0.1) is 17.1 Å². The first-order valence-corrected chi connectivity index (χ1v) is 12.4. The Kier molecular flexibility index (Phi) is 6.02. The minimum atomic E-state index is -0.772. The van der Waals surface area contributed by atoms with Crippen LogP contribution in [0.25, 0.3) is 22.6 Å². The lowest BCUT2D eigenvalue weighted by molar-refractivity contribution is -0.765. The first kappa shape index (κ1) is 22.4. The molecule has 0 spiro atoms. The number of nitrogens with zero attached hydrogens (tertiary/aromatic N) is 4. The van der Waals surface area contributed by atoms with E-state index in [1.165, 1.54) is 11.8 Å². The van der Waals surface area contributed by atoms with E-state index >= 15 is 0 Å². The van der Waals surface area contributed by atoms with Crippen molar-refractivity contribution in [2.75, 3.05) is 11.2 Å². The lowest BCUT2D eigenvalue weighted by Gasteiger charge is -2.32. The third-order valence-electron chi connectivity index (χ3n) is 5.64. The molecule has 1 amide bonds. The second-order valence-corrected chi connectivity index (χ2v) is 9.02. The Balaban J connectivity index is 1.73. The second kappa shape index (κ2) is 9.12. The van der Waals surface area contributed by atoms with Crippen LogP contribution in [0.2, 0.25) is 5.02 Å². The standard InChI is InChI=1S/C25H21ClN4O3S/c1-3-6-21(31)29-18-8-5-4-7-17(18)22-23(32)27-25(34-2)28-30(22)24(29)20-14-13-19(33-20)15-9-11-16(26)12-10-15/h4-5,7-14,24H,3,6H2,1-2H3. The van der Waals surface area contributed by atoms with Crippen LogP contribution in [-0.4, -0.2) is 22.2 Å². The van der Waals surface area contributed by atoms with E-state index in [0.29, 0.717) is 51.5 Å². The maximum atomic E-state index is 13.4. The van der Waals surface area contributed by atoms with Gasteiger partial charge in [-0.25, -0.2) is 9.88 Å². The van der Waals surface area contributed by atoms with E-state index in [2.05, 4.69) is 10.1 Å². The molecule has 34 heavy (non-hydrogen) atoms.